The summed E-state index contributed by atoms with van der Waals surface area (Å²) in [5.41, 5.74) is 2.29. The number of benzene rings is 4. The average molecular weight is 575 g/mol. The minimum Gasteiger partial charge on any atom is -0.492 e. The lowest BCUT2D eigenvalue weighted by atomic mass is 10.1. The van der Waals surface area contributed by atoms with Gasteiger partial charge in [0.05, 0.1) is 34.2 Å². The molecule has 9 nitrogen and oxygen atoms in total. The minimum absolute atomic E-state index is 0.0320. The number of aromatic nitrogens is 2. The molecule has 0 bridgehead atoms. The first-order valence-corrected chi connectivity index (χ1v) is 13.9. The second kappa shape index (κ2) is 12.9. The summed E-state index contributed by atoms with van der Waals surface area (Å²) in [6.07, 6.45) is 3.04. The maximum atomic E-state index is 14.0. The van der Waals surface area contributed by atoms with E-state index in [1.54, 1.807) is 53.4 Å². The van der Waals surface area contributed by atoms with Crippen LogP contribution in [0.4, 0.5) is 5.69 Å². The molecule has 5 aromatic rings. The van der Waals surface area contributed by atoms with Gasteiger partial charge in [0, 0.05) is 24.8 Å². The summed E-state index contributed by atoms with van der Waals surface area (Å²) in [7, 11) is 0. The maximum absolute atomic E-state index is 14.0. The van der Waals surface area contributed by atoms with Crippen LogP contribution in [0.15, 0.2) is 114 Å². The predicted octanol–water partition coefficient (Wildman–Crippen LogP) is 6.50. The summed E-state index contributed by atoms with van der Waals surface area (Å²) < 4.78 is 7.42. The number of rotatable bonds is 10. The third-order valence-corrected chi connectivity index (χ3v) is 7.05. The lowest BCUT2D eigenvalue weighted by molar-refractivity contribution is -0.384. The van der Waals surface area contributed by atoms with E-state index in [0.29, 0.717) is 40.3 Å². The number of nitro groups is 1. The predicted molar refractivity (Wildman–Crippen MR) is 166 cm³/mol. The van der Waals surface area contributed by atoms with Crippen LogP contribution in [0.25, 0.3) is 22.7 Å². The van der Waals surface area contributed by atoms with Gasteiger partial charge in [-0.3, -0.25) is 24.3 Å². The fraction of sp³-hybridized carbons (Fsp3) is 0.147. The summed E-state index contributed by atoms with van der Waals surface area (Å²) >= 11 is 0. The second-order valence-electron chi connectivity index (χ2n) is 9.84. The largest absolute Gasteiger partial charge is 0.492 e. The Morgan fingerprint density at radius 3 is 2.37 bits per heavy atom. The van der Waals surface area contributed by atoms with Gasteiger partial charge in [-0.2, -0.15) is 0 Å². The molecule has 9 heteroatoms. The number of nitro benzene ring substituents is 1. The second-order valence-corrected chi connectivity index (χ2v) is 9.84. The van der Waals surface area contributed by atoms with Gasteiger partial charge in [0.2, 0.25) is 5.91 Å². The molecule has 5 rings (SSSR count). The highest BCUT2D eigenvalue weighted by molar-refractivity contribution is 5.92. The minimum atomic E-state index is -0.652. The van der Waals surface area contributed by atoms with E-state index in [9.17, 15) is 19.7 Å². The van der Waals surface area contributed by atoms with Crippen molar-refractivity contribution in [2.24, 2.45) is 0 Å². The molecule has 0 radical (unpaired) electrons. The molecule has 0 aliphatic heterocycles. The summed E-state index contributed by atoms with van der Waals surface area (Å²) in [5.74, 6) is 0.585. The van der Waals surface area contributed by atoms with E-state index in [4.69, 9.17) is 9.72 Å². The monoisotopic (exact) mass is 574 g/mol. The molecule has 216 valence electrons. The molecule has 1 heterocycles. The molecule has 0 saturated carbocycles. The van der Waals surface area contributed by atoms with E-state index in [-0.39, 0.29) is 23.7 Å². The summed E-state index contributed by atoms with van der Waals surface area (Å²) in [6.45, 7) is 4.38. The maximum Gasteiger partial charge on any atom is 0.269 e. The molecule has 0 fully saturated rings. The molecule has 0 aliphatic rings. The van der Waals surface area contributed by atoms with E-state index in [1.165, 1.54) is 22.8 Å². The molecular weight excluding hydrogens is 544 g/mol. The first-order valence-electron chi connectivity index (χ1n) is 13.9. The highest BCUT2D eigenvalue weighted by atomic mass is 16.6. The Bertz CT molecular complexity index is 1850. The van der Waals surface area contributed by atoms with Gasteiger partial charge >= 0.3 is 0 Å². The molecular formula is C34H30N4O5. The van der Waals surface area contributed by atoms with Gasteiger partial charge in [-0.15, -0.1) is 0 Å². The number of amides is 1. The third kappa shape index (κ3) is 6.36. The van der Waals surface area contributed by atoms with Crippen molar-refractivity contribution < 1.29 is 14.5 Å². The normalized spacial score (nSPS) is 11.9. The standard InChI is InChI=1S/C34H30N4O5/c1-3-43-31-16-10-9-15-30(31)37-33(35-29-14-8-7-13-28(29)34(37)40)24(2)36(23-26-11-5-4-6-12-26)32(39)22-19-25-17-20-27(21-18-25)38(41)42/h4-22,24H,3,23H2,1-2H3/b22-19+. The van der Waals surface area contributed by atoms with Gasteiger partial charge in [-0.05, 0) is 67.4 Å². The molecule has 1 amide bonds. The molecule has 0 N–H and O–H groups in total. The highest BCUT2D eigenvalue weighted by Crippen LogP contribution is 2.29. The number of nitrogens with zero attached hydrogens (tertiary/aromatic N) is 4. The summed E-state index contributed by atoms with van der Waals surface area (Å²) in [6, 6.07) is 29.3. The van der Waals surface area contributed by atoms with Crippen molar-refractivity contribution in [3.8, 4) is 11.4 Å². The molecule has 1 aromatic heterocycles. The smallest absolute Gasteiger partial charge is 0.269 e. The van der Waals surface area contributed by atoms with Crippen LogP contribution in [-0.4, -0.2) is 31.9 Å². The van der Waals surface area contributed by atoms with E-state index >= 15 is 0 Å². The topological polar surface area (TPSA) is 108 Å². The van der Waals surface area contributed by atoms with E-state index < -0.39 is 11.0 Å². The third-order valence-electron chi connectivity index (χ3n) is 7.05. The van der Waals surface area contributed by atoms with Crippen LogP contribution in [0.5, 0.6) is 5.75 Å². The van der Waals surface area contributed by atoms with Gasteiger partial charge in [0.25, 0.3) is 11.2 Å². The van der Waals surface area contributed by atoms with Gasteiger partial charge in [-0.1, -0.05) is 54.6 Å². The molecule has 43 heavy (non-hydrogen) atoms. The van der Waals surface area contributed by atoms with Gasteiger partial charge in [-0.25, -0.2) is 4.98 Å². The van der Waals surface area contributed by atoms with Crippen molar-refractivity contribution >= 4 is 28.6 Å². The Kier molecular flexibility index (Phi) is 8.71. The van der Waals surface area contributed by atoms with Crippen molar-refractivity contribution in [2.45, 2.75) is 26.4 Å². The van der Waals surface area contributed by atoms with E-state index in [1.807, 2.05) is 62.4 Å². The molecule has 1 atom stereocenters. The number of hydrogen-bond donors (Lipinski definition) is 0. The van der Waals surface area contributed by atoms with E-state index in [0.717, 1.165) is 5.56 Å². The zero-order valence-electron chi connectivity index (χ0n) is 23.8. The van der Waals surface area contributed by atoms with Gasteiger partial charge in [0.1, 0.15) is 11.6 Å². The van der Waals surface area contributed by atoms with Crippen LogP contribution < -0.4 is 10.3 Å². The van der Waals surface area contributed by atoms with Gasteiger partial charge < -0.3 is 9.64 Å². The SMILES string of the molecule is CCOc1ccccc1-n1c(C(C)N(Cc2ccccc2)C(=O)/C=C/c2ccc([N+](=O)[O-])cc2)nc2ccccc2c1=O. The van der Waals surface area contributed by atoms with E-state index in [2.05, 4.69) is 0 Å². The molecule has 1 unspecified atom stereocenters. The lowest BCUT2D eigenvalue weighted by Gasteiger charge is -2.30. The van der Waals surface area contributed by atoms with Crippen molar-refractivity contribution in [3.63, 3.8) is 0 Å². The fourth-order valence-corrected chi connectivity index (χ4v) is 4.88. The molecule has 0 saturated heterocycles. The Hall–Kier alpha value is -5.57. The fourth-order valence-electron chi connectivity index (χ4n) is 4.88. The van der Waals surface area contributed by atoms with Gasteiger partial charge in [0.15, 0.2) is 0 Å². The number of non-ortho nitro benzene ring substituents is 1. The first-order chi connectivity index (χ1) is 20.9. The Morgan fingerprint density at radius 2 is 1.65 bits per heavy atom. The molecule has 0 spiro atoms. The lowest BCUT2D eigenvalue weighted by Crippen LogP contribution is -2.36. The summed E-state index contributed by atoms with van der Waals surface area (Å²) in [5, 5.41) is 11.5. The van der Waals surface area contributed by atoms with Crippen LogP contribution in [-0.2, 0) is 11.3 Å². The van der Waals surface area contributed by atoms with Crippen molar-refractivity contribution in [1.82, 2.24) is 14.5 Å². The Labute approximate surface area is 248 Å². The number of para-hydroxylation sites is 3. The Balaban J connectivity index is 1.63. The van der Waals surface area contributed by atoms with Crippen LogP contribution in [0.2, 0.25) is 0 Å². The highest BCUT2D eigenvalue weighted by Gasteiger charge is 2.27. The van der Waals surface area contributed by atoms with Crippen LogP contribution in [0.3, 0.4) is 0 Å². The van der Waals surface area contributed by atoms with Crippen LogP contribution >= 0.6 is 0 Å². The number of ether oxygens (including phenoxy) is 1. The van der Waals surface area contributed by atoms with Crippen LogP contribution in [0.1, 0.15) is 36.8 Å². The Morgan fingerprint density at radius 1 is 0.977 bits per heavy atom. The molecule has 4 aromatic carbocycles. The van der Waals surface area contributed by atoms with Crippen molar-refractivity contribution in [1.29, 1.82) is 0 Å². The number of hydrogen-bond acceptors (Lipinski definition) is 6. The number of carbonyl (C=O) groups is 1. The molecule has 0 aliphatic carbocycles. The zero-order valence-corrected chi connectivity index (χ0v) is 23.8. The van der Waals surface area contributed by atoms with Crippen LogP contribution in [0, 0.1) is 10.1 Å². The first kappa shape index (κ1) is 28.9. The quantitative estimate of drug-likeness (QED) is 0.107. The number of carbonyl (C=O) groups excluding carboxylic acids is 1. The van der Waals surface area contributed by atoms with Crippen molar-refractivity contribution in [2.75, 3.05) is 6.61 Å². The summed E-state index contributed by atoms with van der Waals surface area (Å²) in [4.78, 5) is 45.1. The van der Waals surface area contributed by atoms with Crippen molar-refractivity contribution in [3.05, 3.63) is 147 Å². The number of fused-ring (bicyclic) bond motifs is 1. The average Bonchev–Trinajstić information content (AvgIpc) is 3.03. The zero-order chi connectivity index (χ0) is 30.3.